The molecule has 0 aliphatic carbocycles. The fourth-order valence-electron chi connectivity index (χ4n) is 1.91. The molecular formula is C16H24IN5. The van der Waals surface area contributed by atoms with Gasteiger partial charge in [-0.2, -0.15) is 5.10 Å². The Labute approximate surface area is 149 Å². The molecule has 5 nitrogen and oxygen atoms in total. The van der Waals surface area contributed by atoms with Gasteiger partial charge in [-0.3, -0.25) is 4.99 Å². The number of benzene rings is 1. The van der Waals surface area contributed by atoms with Crippen LogP contribution in [0, 0.1) is 0 Å². The van der Waals surface area contributed by atoms with E-state index in [1.54, 1.807) is 13.2 Å². The molecule has 120 valence electrons. The van der Waals surface area contributed by atoms with Gasteiger partial charge in [-0.05, 0) is 44.5 Å². The second-order valence-corrected chi connectivity index (χ2v) is 5.92. The van der Waals surface area contributed by atoms with E-state index in [1.807, 2.05) is 16.9 Å². The van der Waals surface area contributed by atoms with Crippen LogP contribution in [0.2, 0.25) is 0 Å². The summed E-state index contributed by atoms with van der Waals surface area (Å²) in [5, 5.41) is 10.9. The van der Waals surface area contributed by atoms with Crippen molar-refractivity contribution in [3.05, 3.63) is 48.3 Å². The quantitative estimate of drug-likeness (QED) is 0.462. The third-order valence-electron chi connectivity index (χ3n) is 2.88. The Bertz CT molecular complexity index is 582. The van der Waals surface area contributed by atoms with Crippen molar-refractivity contribution in [1.82, 2.24) is 20.4 Å². The van der Waals surface area contributed by atoms with E-state index in [1.165, 1.54) is 5.56 Å². The van der Waals surface area contributed by atoms with Crippen LogP contribution in [0.4, 0.5) is 0 Å². The summed E-state index contributed by atoms with van der Waals surface area (Å²) in [6.07, 6.45) is 3.71. The highest BCUT2D eigenvalue weighted by molar-refractivity contribution is 14.0. The van der Waals surface area contributed by atoms with Crippen LogP contribution in [-0.2, 0) is 6.54 Å². The van der Waals surface area contributed by atoms with Gasteiger partial charge in [0, 0.05) is 31.5 Å². The summed E-state index contributed by atoms with van der Waals surface area (Å²) in [5.74, 6) is 0.804. The van der Waals surface area contributed by atoms with Gasteiger partial charge in [0.1, 0.15) is 0 Å². The van der Waals surface area contributed by atoms with Crippen molar-refractivity contribution in [2.45, 2.75) is 32.9 Å². The lowest BCUT2D eigenvalue weighted by molar-refractivity contribution is 0.501. The van der Waals surface area contributed by atoms with Crippen LogP contribution < -0.4 is 10.6 Å². The second-order valence-electron chi connectivity index (χ2n) is 5.92. The van der Waals surface area contributed by atoms with Crippen molar-refractivity contribution in [3.8, 4) is 5.69 Å². The van der Waals surface area contributed by atoms with Gasteiger partial charge in [-0.25, -0.2) is 4.68 Å². The van der Waals surface area contributed by atoms with Crippen molar-refractivity contribution >= 4 is 29.9 Å². The van der Waals surface area contributed by atoms with Crippen LogP contribution in [0.3, 0.4) is 0 Å². The maximum Gasteiger partial charge on any atom is 0.191 e. The number of nitrogens with zero attached hydrogens (tertiary/aromatic N) is 3. The fraction of sp³-hybridized carbons (Fsp3) is 0.375. The first kappa shape index (κ1) is 18.5. The zero-order valence-electron chi connectivity index (χ0n) is 13.5. The van der Waals surface area contributed by atoms with Gasteiger partial charge >= 0.3 is 0 Å². The largest absolute Gasteiger partial charge is 0.352 e. The molecule has 22 heavy (non-hydrogen) atoms. The molecule has 1 aromatic carbocycles. The molecule has 0 radical (unpaired) electrons. The molecule has 0 aliphatic rings. The summed E-state index contributed by atoms with van der Waals surface area (Å²) < 4.78 is 1.84. The van der Waals surface area contributed by atoms with Gasteiger partial charge in [0.05, 0.1) is 5.69 Å². The fourth-order valence-corrected chi connectivity index (χ4v) is 1.91. The van der Waals surface area contributed by atoms with Crippen molar-refractivity contribution < 1.29 is 0 Å². The zero-order chi connectivity index (χ0) is 15.3. The minimum atomic E-state index is -0.00814. The predicted octanol–water partition coefficient (Wildman–Crippen LogP) is 2.95. The van der Waals surface area contributed by atoms with Crippen LogP contribution in [0.15, 0.2) is 47.7 Å². The summed E-state index contributed by atoms with van der Waals surface area (Å²) in [5.41, 5.74) is 2.25. The molecule has 2 aromatic rings. The Morgan fingerprint density at radius 2 is 1.91 bits per heavy atom. The third kappa shape index (κ3) is 5.67. The highest BCUT2D eigenvalue weighted by Crippen LogP contribution is 2.08. The predicted molar refractivity (Wildman–Crippen MR) is 102 cm³/mol. The monoisotopic (exact) mass is 413 g/mol. The van der Waals surface area contributed by atoms with Gasteiger partial charge in [0.25, 0.3) is 0 Å². The van der Waals surface area contributed by atoms with E-state index in [4.69, 9.17) is 0 Å². The van der Waals surface area contributed by atoms with Gasteiger partial charge in [-0.1, -0.05) is 12.1 Å². The highest BCUT2D eigenvalue weighted by atomic mass is 127. The number of hydrogen-bond donors (Lipinski definition) is 2. The zero-order valence-corrected chi connectivity index (χ0v) is 15.8. The number of guanidine groups is 1. The Hall–Kier alpha value is -1.57. The molecule has 0 aliphatic heterocycles. The van der Waals surface area contributed by atoms with E-state index in [0.29, 0.717) is 0 Å². The van der Waals surface area contributed by atoms with Crippen molar-refractivity contribution in [3.63, 3.8) is 0 Å². The summed E-state index contributed by atoms with van der Waals surface area (Å²) >= 11 is 0. The molecule has 0 unspecified atom stereocenters. The van der Waals surface area contributed by atoms with E-state index < -0.39 is 0 Å². The lowest BCUT2D eigenvalue weighted by Gasteiger charge is -2.23. The normalized spacial score (nSPS) is 11.7. The van der Waals surface area contributed by atoms with Crippen LogP contribution in [0.25, 0.3) is 5.69 Å². The van der Waals surface area contributed by atoms with Gasteiger partial charge in [0.2, 0.25) is 0 Å². The first-order valence-electron chi connectivity index (χ1n) is 7.06. The van der Waals surface area contributed by atoms with E-state index in [2.05, 4.69) is 65.8 Å². The van der Waals surface area contributed by atoms with E-state index in [9.17, 15) is 0 Å². The standard InChI is InChI=1S/C16H23N5.HI/c1-16(2,3)20-15(17-4)18-12-13-6-8-14(9-7-13)21-11-5-10-19-21;/h5-11H,12H2,1-4H3,(H2,17,18,20);1H. The van der Waals surface area contributed by atoms with Crippen molar-refractivity contribution in [2.75, 3.05) is 7.05 Å². The molecule has 0 saturated heterocycles. The molecular weight excluding hydrogens is 389 g/mol. The Morgan fingerprint density at radius 1 is 1.23 bits per heavy atom. The third-order valence-corrected chi connectivity index (χ3v) is 2.88. The Balaban J connectivity index is 0.00000242. The topological polar surface area (TPSA) is 54.2 Å². The Morgan fingerprint density at radius 3 is 2.41 bits per heavy atom. The number of aliphatic imine (C=N–C) groups is 1. The van der Waals surface area contributed by atoms with Crippen LogP contribution >= 0.6 is 24.0 Å². The van der Waals surface area contributed by atoms with Crippen molar-refractivity contribution in [2.24, 2.45) is 4.99 Å². The molecule has 0 bridgehead atoms. The van der Waals surface area contributed by atoms with Gasteiger partial charge in [-0.15, -0.1) is 24.0 Å². The van der Waals surface area contributed by atoms with E-state index in [-0.39, 0.29) is 29.5 Å². The van der Waals surface area contributed by atoms with Crippen LogP contribution in [0.1, 0.15) is 26.3 Å². The summed E-state index contributed by atoms with van der Waals surface area (Å²) in [6, 6.07) is 10.2. The first-order valence-corrected chi connectivity index (χ1v) is 7.06. The number of halogens is 1. The van der Waals surface area contributed by atoms with E-state index >= 15 is 0 Å². The minimum absolute atomic E-state index is 0. The molecule has 0 fully saturated rings. The highest BCUT2D eigenvalue weighted by Gasteiger charge is 2.11. The number of nitrogens with one attached hydrogen (secondary N) is 2. The van der Waals surface area contributed by atoms with Gasteiger partial charge in [0.15, 0.2) is 5.96 Å². The minimum Gasteiger partial charge on any atom is -0.352 e. The number of aromatic nitrogens is 2. The summed E-state index contributed by atoms with van der Waals surface area (Å²) in [4.78, 5) is 4.23. The average Bonchev–Trinajstić information content (AvgIpc) is 2.97. The average molecular weight is 413 g/mol. The molecule has 1 heterocycles. The molecule has 0 amide bonds. The lowest BCUT2D eigenvalue weighted by Crippen LogP contribution is -2.47. The summed E-state index contributed by atoms with van der Waals surface area (Å²) in [6.45, 7) is 7.06. The van der Waals surface area contributed by atoms with Crippen LogP contribution in [-0.4, -0.2) is 28.3 Å². The molecule has 2 N–H and O–H groups in total. The van der Waals surface area contributed by atoms with Crippen molar-refractivity contribution in [1.29, 1.82) is 0 Å². The molecule has 0 atom stereocenters. The Kier molecular flexibility index (Phi) is 6.86. The number of rotatable bonds is 3. The lowest BCUT2D eigenvalue weighted by atomic mass is 10.1. The smallest absolute Gasteiger partial charge is 0.191 e. The maximum atomic E-state index is 4.23. The molecule has 0 saturated carbocycles. The first-order chi connectivity index (χ1) is 9.98. The second kappa shape index (κ2) is 8.17. The van der Waals surface area contributed by atoms with Crippen LogP contribution in [0.5, 0.6) is 0 Å². The molecule has 6 heteroatoms. The maximum absolute atomic E-state index is 4.23. The van der Waals surface area contributed by atoms with Gasteiger partial charge < -0.3 is 10.6 Å². The molecule has 0 spiro atoms. The molecule has 1 aromatic heterocycles. The SMILES string of the molecule is CN=C(NCc1ccc(-n2cccn2)cc1)NC(C)(C)C.I. The molecule has 2 rings (SSSR count). The number of hydrogen-bond acceptors (Lipinski definition) is 2. The summed E-state index contributed by atoms with van der Waals surface area (Å²) in [7, 11) is 1.78. The van der Waals surface area contributed by atoms with E-state index in [0.717, 1.165) is 18.2 Å².